The Bertz CT molecular complexity index is 222. The molecule has 1 heterocycles. The van der Waals surface area contributed by atoms with E-state index < -0.39 is 0 Å². The van der Waals surface area contributed by atoms with Gasteiger partial charge in [0, 0.05) is 19.6 Å². The number of urea groups is 1. The highest BCUT2D eigenvalue weighted by Crippen LogP contribution is 2.15. The van der Waals surface area contributed by atoms with Crippen molar-refractivity contribution < 1.29 is 4.79 Å². The quantitative estimate of drug-likeness (QED) is 0.719. The van der Waals surface area contributed by atoms with E-state index in [4.69, 9.17) is 5.73 Å². The van der Waals surface area contributed by atoms with Crippen molar-refractivity contribution in [2.45, 2.75) is 27.2 Å². The summed E-state index contributed by atoms with van der Waals surface area (Å²) in [4.78, 5) is 13.6. The van der Waals surface area contributed by atoms with E-state index >= 15 is 0 Å². The Labute approximate surface area is 92.2 Å². The summed E-state index contributed by atoms with van der Waals surface area (Å²) in [6.07, 6.45) is 1.04. The number of likely N-dealkylation sites (tertiary alicyclic amines) is 1. The van der Waals surface area contributed by atoms with E-state index in [9.17, 15) is 4.79 Å². The van der Waals surface area contributed by atoms with E-state index in [1.165, 1.54) is 0 Å². The molecule has 3 N–H and O–H groups in total. The first-order valence-corrected chi connectivity index (χ1v) is 5.65. The van der Waals surface area contributed by atoms with Crippen LogP contribution in [-0.4, -0.2) is 37.1 Å². The zero-order chi connectivity index (χ0) is 11.5. The van der Waals surface area contributed by atoms with Crippen LogP contribution < -0.4 is 11.1 Å². The second kappa shape index (κ2) is 4.84. The highest BCUT2D eigenvalue weighted by Gasteiger charge is 2.25. The SMILES string of the molecule is CC(C)(C)CNC(=O)N1CCC(CN)C1. The largest absolute Gasteiger partial charge is 0.337 e. The summed E-state index contributed by atoms with van der Waals surface area (Å²) in [5.41, 5.74) is 5.72. The zero-order valence-electron chi connectivity index (χ0n) is 10.0. The molecule has 1 aliphatic heterocycles. The Kier molecular flexibility index (Phi) is 3.97. The monoisotopic (exact) mass is 213 g/mol. The molecule has 0 spiro atoms. The maximum Gasteiger partial charge on any atom is 0.317 e. The Balaban J connectivity index is 2.30. The van der Waals surface area contributed by atoms with Gasteiger partial charge in [0.15, 0.2) is 0 Å². The second-order valence-electron chi connectivity index (χ2n) is 5.56. The number of amides is 2. The number of hydrogen-bond acceptors (Lipinski definition) is 2. The molecule has 0 aliphatic carbocycles. The Morgan fingerprint density at radius 1 is 1.53 bits per heavy atom. The van der Waals surface area contributed by atoms with Gasteiger partial charge in [0.2, 0.25) is 0 Å². The lowest BCUT2D eigenvalue weighted by atomic mass is 9.97. The number of nitrogens with one attached hydrogen (secondary N) is 1. The fraction of sp³-hybridized carbons (Fsp3) is 0.909. The van der Waals surface area contributed by atoms with Crippen molar-refractivity contribution in [3.05, 3.63) is 0 Å². The molecule has 4 nitrogen and oxygen atoms in total. The van der Waals surface area contributed by atoms with Crippen LogP contribution in [0, 0.1) is 11.3 Å². The Morgan fingerprint density at radius 2 is 2.20 bits per heavy atom. The number of rotatable bonds is 2. The highest BCUT2D eigenvalue weighted by molar-refractivity contribution is 5.74. The molecule has 0 radical (unpaired) electrons. The minimum Gasteiger partial charge on any atom is -0.337 e. The van der Waals surface area contributed by atoms with Crippen LogP contribution in [0.3, 0.4) is 0 Å². The van der Waals surface area contributed by atoms with Crippen molar-refractivity contribution in [1.82, 2.24) is 10.2 Å². The lowest BCUT2D eigenvalue weighted by Gasteiger charge is -2.22. The number of carbonyl (C=O) groups is 1. The third kappa shape index (κ3) is 4.08. The van der Waals surface area contributed by atoms with Crippen molar-refractivity contribution in [3.8, 4) is 0 Å². The molecule has 1 saturated heterocycles. The van der Waals surface area contributed by atoms with Crippen LogP contribution in [0.15, 0.2) is 0 Å². The van der Waals surface area contributed by atoms with Gasteiger partial charge in [0.25, 0.3) is 0 Å². The van der Waals surface area contributed by atoms with Crippen LogP contribution >= 0.6 is 0 Å². The Morgan fingerprint density at radius 3 is 2.67 bits per heavy atom. The smallest absolute Gasteiger partial charge is 0.317 e. The molecule has 1 rings (SSSR count). The van der Waals surface area contributed by atoms with Crippen LogP contribution in [-0.2, 0) is 0 Å². The first-order valence-electron chi connectivity index (χ1n) is 5.65. The standard InChI is InChI=1S/C11H23N3O/c1-11(2,3)8-13-10(15)14-5-4-9(6-12)7-14/h9H,4-8,12H2,1-3H3,(H,13,15). The molecule has 88 valence electrons. The summed E-state index contributed by atoms with van der Waals surface area (Å²) in [5.74, 6) is 0.491. The molecule has 0 aromatic heterocycles. The number of hydrogen-bond donors (Lipinski definition) is 2. The van der Waals surface area contributed by atoms with Gasteiger partial charge >= 0.3 is 6.03 Å². The molecule has 15 heavy (non-hydrogen) atoms. The number of carbonyl (C=O) groups excluding carboxylic acids is 1. The van der Waals surface area contributed by atoms with E-state index in [2.05, 4.69) is 26.1 Å². The van der Waals surface area contributed by atoms with Crippen molar-refractivity contribution in [2.24, 2.45) is 17.1 Å². The van der Waals surface area contributed by atoms with Crippen molar-refractivity contribution in [1.29, 1.82) is 0 Å². The van der Waals surface area contributed by atoms with E-state index in [1.54, 1.807) is 0 Å². The predicted molar refractivity (Wildman–Crippen MR) is 61.6 cm³/mol. The Hall–Kier alpha value is -0.770. The topological polar surface area (TPSA) is 58.4 Å². The van der Waals surface area contributed by atoms with Crippen molar-refractivity contribution >= 4 is 6.03 Å². The van der Waals surface area contributed by atoms with Crippen LogP contribution in [0.4, 0.5) is 4.79 Å². The molecule has 0 aromatic rings. The minimum atomic E-state index is 0.0564. The average molecular weight is 213 g/mol. The molecule has 1 aliphatic rings. The van der Waals surface area contributed by atoms with E-state index in [0.717, 1.165) is 26.1 Å². The molecular weight excluding hydrogens is 190 g/mol. The molecule has 0 bridgehead atoms. The predicted octanol–water partition coefficient (Wildman–Crippen LogP) is 1.02. The van der Waals surface area contributed by atoms with Crippen LogP contribution in [0.25, 0.3) is 0 Å². The fourth-order valence-corrected chi connectivity index (χ4v) is 1.66. The summed E-state index contributed by atoms with van der Waals surface area (Å²) >= 11 is 0. The highest BCUT2D eigenvalue weighted by atomic mass is 16.2. The molecule has 1 fully saturated rings. The first-order chi connectivity index (χ1) is 6.92. The summed E-state index contributed by atoms with van der Waals surface area (Å²) in [5, 5.41) is 2.96. The summed E-state index contributed by atoms with van der Waals surface area (Å²) < 4.78 is 0. The molecular formula is C11H23N3O. The molecule has 0 aromatic carbocycles. The molecule has 1 atom stereocenters. The zero-order valence-corrected chi connectivity index (χ0v) is 10.0. The van der Waals surface area contributed by atoms with Gasteiger partial charge in [-0.1, -0.05) is 20.8 Å². The molecule has 2 amide bonds. The summed E-state index contributed by atoms with van der Waals surface area (Å²) in [6.45, 7) is 9.39. The van der Waals surface area contributed by atoms with E-state index in [0.29, 0.717) is 12.5 Å². The van der Waals surface area contributed by atoms with Gasteiger partial charge in [-0.25, -0.2) is 4.79 Å². The summed E-state index contributed by atoms with van der Waals surface area (Å²) in [6, 6.07) is 0.0564. The fourth-order valence-electron chi connectivity index (χ4n) is 1.66. The van der Waals surface area contributed by atoms with Crippen LogP contribution in [0.1, 0.15) is 27.2 Å². The third-order valence-electron chi connectivity index (χ3n) is 2.68. The van der Waals surface area contributed by atoms with Gasteiger partial charge in [-0.2, -0.15) is 0 Å². The maximum atomic E-state index is 11.7. The lowest BCUT2D eigenvalue weighted by Crippen LogP contribution is -2.42. The van der Waals surface area contributed by atoms with Gasteiger partial charge in [-0.05, 0) is 24.3 Å². The van der Waals surface area contributed by atoms with Gasteiger partial charge in [0.05, 0.1) is 0 Å². The third-order valence-corrected chi connectivity index (χ3v) is 2.68. The van der Waals surface area contributed by atoms with Crippen LogP contribution in [0.2, 0.25) is 0 Å². The van der Waals surface area contributed by atoms with E-state index in [-0.39, 0.29) is 11.4 Å². The van der Waals surface area contributed by atoms with Crippen molar-refractivity contribution in [2.75, 3.05) is 26.2 Å². The number of nitrogens with zero attached hydrogens (tertiary/aromatic N) is 1. The number of nitrogens with two attached hydrogens (primary N) is 1. The minimum absolute atomic E-state index is 0.0564. The van der Waals surface area contributed by atoms with Gasteiger partial charge in [-0.15, -0.1) is 0 Å². The maximum absolute atomic E-state index is 11.7. The van der Waals surface area contributed by atoms with E-state index in [1.807, 2.05) is 4.90 Å². The molecule has 4 heteroatoms. The van der Waals surface area contributed by atoms with Gasteiger partial charge in [0.1, 0.15) is 0 Å². The van der Waals surface area contributed by atoms with Gasteiger partial charge < -0.3 is 16.0 Å². The average Bonchev–Trinajstić information content (AvgIpc) is 2.61. The second-order valence-corrected chi connectivity index (χ2v) is 5.56. The van der Waals surface area contributed by atoms with Gasteiger partial charge in [-0.3, -0.25) is 0 Å². The normalized spacial score (nSPS) is 21.9. The first kappa shape index (κ1) is 12.3. The van der Waals surface area contributed by atoms with Crippen molar-refractivity contribution in [3.63, 3.8) is 0 Å². The molecule has 0 saturated carbocycles. The summed E-state index contributed by atoms with van der Waals surface area (Å²) in [7, 11) is 0. The molecule has 1 unspecified atom stereocenters. The van der Waals surface area contributed by atoms with Crippen LogP contribution in [0.5, 0.6) is 0 Å². The lowest BCUT2D eigenvalue weighted by molar-refractivity contribution is 0.202.